The zero-order chi connectivity index (χ0) is 12.1. The minimum absolute atomic E-state index is 0.245. The number of amides is 2. The highest BCUT2D eigenvalue weighted by Gasteiger charge is 2.14. The van der Waals surface area contributed by atoms with Gasteiger partial charge in [-0.25, -0.2) is 4.79 Å². The molecular formula is C12H18N2O2. The number of nitrogens with zero attached hydrogens (tertiary/aromatic N) is 1. The summed E-state index contributed by atoms with van der Waals surface area (Å²) in [6, 6.07) is 5.64. The Morgan fingerprint density at radius 1 is 1.38 bits per heavy atom. The minimum atomic E-state index is -0.245. The summed E-state index contributed by atoms with van der Waals surface area (Å²) >= 11 is 0. The van der Waals surface area contributed by atoms with Crippen molar-refractivity contribution < 1.29 is 9.63 Å². The summed E-state index contributed by atoms with van der Waals surface area (Å²) in [7, 11) is 1.58. The van der Waals surface area contributed by atoms with E-state index >= 15 is 0 Å². The van der Waals surface area contributed by atoms with Gasteiger partial charge in [-0.15, -0.1) is 0 Å². The minimum Gasteiger partial charge on any atom is -0.375 e. The first-order chi connectivity index (χ1) is 7.60. The number of carbonyl (C=O) groups is 1. The van der Waals surface area contributed by atoms with Gasteiger partial charge >= 0.3 is 6.03 Å². The smallest absolute Gasteiger partial charge is 0.350 e. The lowest BCUT2D eigenvalue weighted by atomic mass is 10.1. The number of para-hydroxylation sites is 1. The fraction of sp³-hybridized carbons (Fsp3) is 0.417. The molecule has 16 heavy (non-hydrogen) atoms. The number of hydroxylamine groups is 2. The zero-order valence-electron chi connectivity index (χ0n) is 10.2. The number of benzene rings is 1. The highest BCUT2D eigenvalue weighted by Crippen LogP contribution is 2.23. The van der Waals surface area contributed by atoms with Crippen LogP contribution in [0.25, 0.3) is 0 Å². The van der Waals surface area contributed by atoms with Crippen LogP contribution in [0.3, 0.4) is 0 Å². The molecule has 0 fully saturated rings. The van der Waals surface area contributed by atoms with Crippen LogP contribution in [0, 0.1) is 13.8 Å². The molecule has 0 saturated heterocycles. The molecule has 0 spiro atoms. The molecule has 0 saturated carbocycles. The number of nitrogens with one attached hydrogen (secondary N) is 1. The van der Waals surface area contributed by atoms with Gasteiger partial charge in [0.25, 0.3) is 0 Å². The molecule has 0 aliphatic rings. The highest BCUT2D eigenvalue weighted by molar-refractivity contribution is 5.72. The average Bonchev–Trinajstić information content (AvgIpc) is 2.28. The summed E-state index contributed by atoms with van der Waals surface area (Å²) in [6.07, 6.45) is 0. The van der Waals surface area contributed by atoms with E-state index in [9.17, 15) is 4.79 Å². The largest absolute Gasteiger partial charge is 0.375 e. The van der Waals surface area contributed by atoms with E-state index < -0.39 is 0 Å². The second-order valence-electron chi connectivity index (χ2n) is 3.56. The lowest BCUT2D eigenvalue weighted by molar-refractivity contribution is -0.00874. The van der Waals surface area contributed by atoms with Gasteiger partial charge in [0.1, 0.15) is 0 Å². The maximum Gasteiger partial charge on any atom is 0.350 e. The van der Waals surface area contributed by atoms with Crippen molar-refractivity contribution in [3.05, 3.63) is 29.3 Å². The fourth-order valence-corrected chi connectivity index (χ4v) is 1.43. The Hall–Kier alpha value is -1.71. The average molecular weight is 222 g/mol. The quantitative estimate of drug-likeness (QED) is 0.797. The van der Waals surface area contributed by atoms with Crippen molar-refractivity contribution in [1.82, 2.24) is 10.4 Å². The van der Waals surface area contributed by atoms with E-state index in [4.69, 9.17) is 4.84 Å². The van der Waals surface area contributed by atoms with Crippen LogP contribution in [-0.2, 0) is 0 Å². The van der Waals surface area contributed by atoms with Gasteiger partial charge in [0.15, 0.2) is 5.75 Å². The molecule has 2 amide bonds. The molecular weight excluding hydrogens is 204 g/mol. The number of hydrogen-bond acceptors (Lipinski definition) is 2. The molecule has 1 N–H and O–H groups in total. The van der Waals surface area contributed by atoms with Crippen LogP contribution in [0.5, 0.6) is 5.75 Å². The fourth-order valence-electron chi connectivity index (χ4n) is 1.43. The van der Waals surface area contributed by atoms with Gasteiger partial charge in [-0.3, -0.25) is 0 Å². The van der Waals surface area contributed by atoms with E-state index in [0.29, 0.717) is 6.54 Å². The first kappa shape index (κ1) is 12.4. The molecule has 0 aliphatic carbocycles. The van der Waals surface area contributed by atoms with Gasteiger partial charge in [-0.1, -0.05) is 18.2 Å². The van der Waals surface area contributed by atoms with Gasteiger partial charge < -0.3 is 10.2 Å². The van der Waals surface area contributed by atoms with Gasteiger partial charge in [0.2, 0.25) is 0 Å². The molecule has 0 aromatic heterocycles. The van der Waals surface area contributed by atoms with Crippen molar-refractivity contribution in [3.8, 4) is 5.75 Å². The van der Waals surface area contributed by atoms with Gasteiger partial charge in [-0.05, 0) is 31.9 Å². The molecule has 88 valence electrons. The number of aryl methyl sites for hydroxylation is 2. The van der Waals surface area contributed by atoms with E-state index in [2.05, 4.69) is 5.32 Å². The van der Waals surface area contributed by atoms with Crippen LogP contribution in [-0.4, -0.2) is 24.7 Å². The third kappa shape index (κ3) is 2.66. The van der Waals surface area contributed by atoms with Crippen LogP contribution in [0.15, 0.2) is 18.2 Å². The number of carbonyl (C=O) groups excluding carboxylic acids is 1. The lowest BCUT2D eigenvalue weighted by Crippen LogP contribution is -2.40. The Morgan fingerprint density at radius 2 is 1.94 bits per heavy atom. The molecule has 4 nitrogen and oxygen atoms in total. The summed E-state index contributed by atoms with van der Waals surface area (Å²) in [5.74, 6) is 0.743. The van der Waals surface area contributed by atoms with Crippen LogP contribution in [0.1, 0.15) is 18.1 Å². The molecule has 0 heterocycles. The second kappa shape index (κ2) is 5.39. The van der Waals surface area contributed by atoms with E-state index in [1.807, 2.05) is 39.0 Å². The molecule has 0 unspecified atom stereocenters. The predicted octanol–water partition coefficient (Wildman–Crippen LogP) is 2.26. The van der Waals surface area contributed by atoms with E-state index in [1.165, 1.54) is 5.06 Å². The Labute approximate surface area is 96.2 Å². The van der Waals surface area contributed by atoms with Crippen molar-refractivity contribution in [2.45, 2.75) is 20.8 Å². The van der Waals surface area contributed by atoms with Crippen molar-refractivity contribution >= 4 is 6.03 Å². The monoisotopic (exact) mass is 222 g/mol. The predicted molar refractivity (Wildman–Crippen MR) is 63.4 cm³/mol. The first-order valence-electron chi connectivity index (χ1n) is 5.33. The van der Waals surface area contributed by atoms with E-state index in [0.717, 1.165) is 16.9 Å². The molecule has 0 bridgehead atoms. The maximum absolute atomic E-state index is 11.5. The SMILES string of the molecule is CCN(Oc1c(C)cccc1C)C(=O)NC. The zero-order valence-corrected chi connectivity index (χ0v) is 10.2. The van der Waals surface area contributed by atoms with Crippen molar-refractivity contribution in [2.24, 2.45) is 0 Å². The summed E-state index contributed by atoms with van der Waals surface area (Å²) < 4.78 is 0. The third-order valence-electron chi connectivity index (χ3n) is 2.34. The van der Waals surface area contributed by atoms with Crippen molar-refractivity contribution in [1.29, 1.82) is 0 Å². The number of hydrogen-bond donors (Lipinski definition) is 1. The molecule has 0 radical (unpaired) electrons. The summed E-state index contributed by atoms with van der Waals surface area (Å²) in [4.78, 5) is 17.1. The second-order valence-corrected chi connectivity index (χ2v) is 3.56. The van der Waals surface area contributed by atoms with Crippen LogP contribution in [0.4, 0.5) is 4.79 Å². The molecule has 4 heteroatoms. The van der Waals surface area contributed by atoms with Crippen LogP contribution in [0.2, 0.25) is 0 Å². The van der Waals surface area contributed by atoms with Crippen LogP contribution >= 0.6 is 0 Å². The van der Waals surface area contributed by atoms with E-state index in [1.54, 1.807) is 7.05 Å². The molecule has 1 aromatic carbocycles. The summed E-state index contributed by atoms with van der Waals surface area (Å²) in [5.41, 5.74) is 2.03. The van der Waals surface area contributed by atoms with Gasteiger partial charge in [0, 0.05) is 7.05 Å². The van der Waals surface area contributed by atoms with E-state index in [-0.39, 0.29) is 6.03 Å². The van der Waals surface area contributed by atoms with Gasteiger partial charge in [0.05, 0.1) is 6.54 Å². The van der Waals surface area contributed by atoms with Crippen LogP contribution < -0.4 is 10.2 Å². The first-order valence-corrected chi connectivity index (χ1v) is 5.33. The number of rotatable bonds is 3. The topological polar surface area (TPSA) is 41.6 Å². The lowest BCUT2D eigenvalue weighted by Gasteiger charge is -2.22. The third-order valence-corrected chi connectivity index (χ3v) is 2.34. The normalized spacial score (nSPS) is 9.75. The summed E-state index contributed by atoms with van der Waals surface area (Å²) in [6.45, 7) is 6.27. The Morgan fingerprint density at radius 3 is 2.38 bits per heavy atom. The summed E-state index contributed by atoms with van der Waals surface area (Å²) in [5, 5.41) is 3.84. The maximum atomic E-state index is 11.5. The molecule has 0 aliphatic heterocycles. The molecule has 0 atom stereocenters. The Kier molecular flexibility index (Phi) is 4.17. The Bertz CT molecular complexity index is 357. The standard InChI is InChI=1S/C12H18N2O2/c1-5-14(12(15)13-4)16-11-9(2)7-6-8-10(11)3/h6-8H,5H2,1-4H3,(H,13,15). The highest BCUT2D eigenvalue weighted by atomic mass is 16.7. The number of urea groups is 1. The van der Waals surface area contributed by atoms with Crippen molar-refractivity contribution in [3.63, 3.8) is 0 Å². The van der Waals surface area contributed by atoms with Crippen molar-refractivity contribution in [2.75, 3.05) is 13.6 Å². The Balaban J connectivity index is 2.90. The van der Waals surface area contributed by atoms with Gasteiger partial charge in [-0.2, -0.15) is 5.06 Å². The molecule has 1 aromatic rings. The molecule has 1 rings (SSSR count).